The monoisotopic (exact) mass is 886 g/mol. The van der Waals surface area contributed by atoms with Crippen molar-refractivity contribution in [2.75, 3.05) is 19.8 Å². The van der Waals surface area contributed by atoms with Crippen molar-refractivity contribution in [3.63, 3.8) is 0 Å². The fourth-order valence-electron chi connectivity index (χ4n) is 14.6. The van der Waals surface area contributed by atoms with Crippen LogP contribution >= 0.6 is 0 Å². The van der Waals surface area contributed by atoms with Crippen LogP contribution in [0.4, 0.5) is 0 Å². The van der Waals surface area contributed by atoms with Crippen molar-refractivity contribution in [1.29, 1.82) is 0 Å². The van der Waals surface area contributed by atoms with Crippen molar-refractivity contribution < 1.29 is 83.9 Å². The molecule has 0 aromatic heterocycles. The lowest BCUT2D eigenvalue weighted by Crippen LogP contribution is -2.67. The van der Waals surface area contributed by atoms with Crippen LogP contribution < -0.4 is 0 Å². The molecule has 4 saturated carbocycles. The van der Waals surface area contributed by atoms with Gasteiger partial charge in [0.1, 0.15) is 67.1 Å². The van der Waals surface area contributed by atoms with Gasteiger partial charge in [-0.3, -0.25) is 0 Å². The molecule has 0 aromatic carbocycles. The summed E-state index contributed by atoms with van der Waals surface area (Å²) in [5.41, 5.74) is 0.311. The number of hydrogen-bond acceptors (Lipinski definition) is 17. The maximum absolute atomic E-state index is 12.0. The summed E-state index contributed by atoms with van der Waals surface area (Å²) in [7, 11) is 0. The molecule has 0 aromatic rings. The molecule has 0 unspecified atom stereocenters. The van der Waals surface area contributed by atoms with Crippen LogP contribution in [0.3, 0.4) is 0 Å². The van der Waals surface area contributed by atoms with Crippen LogP contribution in [0, 0.1) is 52.3 Å². The minimum absolute atomic E-state index is 0.0972. The van der Waals surface area contributed by atoms with Gasteiger partial charge in [0.05, 0.1) is 38.1 Å². The van der Waals surface area contributed by atoms with Crippen molar-refractivity contribution in [3.8, 4) is 0 Å². The molecule has 9 fully saturated rings. The minimum Gasteiger partial charge on any atom is -0.394 e. The molecule has 9 N–H and O–H groups in total. The first-order valence-corrected chi connectivity index (χ1v) is 23.7. The first-order valence-electron chi connectivity index (χ1n) is 23.7. The molecule has 9 aliphatic rings. The highest BCUT2D eigenvalue weighted by atomic mass is 16.8. The van der Waals surface area contributed by atoms with Gasteiger partial charge in [0.15, 0.2) is 24.7 Å². The lowest BCUT2D eigenvalue weighted by atomic mass is 9.44. The average Bonchev–Trinajstić information content (AvgIpc) is 3.70. The topological polar surface area (TPSA) is 256 Å². The number of ether oxygens (including phenoxy) is 8. The van der Waals surface area contributed by atoms with Crippen molar-refractivity contribution in [3.05, 3.63) is 0 Å². The molecule has 5 saturated heterocycles. The van der Waals surface area contributed by atoms with Gasteiger partial charge >= 0.3 is 0 Å². The van der Waals surface area contributed by atoms with Gasteiger partial charge < -0.3 is 83.9 Å². The molecule has 17 heteroatoms. The van der Waals surface area contributed by atoms with Gasteiger partial charge in [-0.1, -0.05) is 27.7 Å². The average molecular weight is 887 g/mol. The van der Waals surface area contributed by atoms with Crippen molar-refractivity contribution in [2.24, 2.45) is 52.3 Å². The first kappa shape index (κ1) is 46.4. The van der Waals surface area contributed by atoms with E-state index in [9.17, 15) is 46.0 Å². The van der Waals surface area contributed by atoms with E-state index >= 15 is 0 Å². The number of aliphatic hydroxyl groups is 9. The minimum atomic E-state index is -1.81. The second-order valence-corrected chi connectivity index (χ2v) is 21.5. The lowest BCUT2D eigenvalue weighted by Gasteiger charge is -2.61. The molecule has 1 spiro atoms. The van der Waals surface area contributed by atoms with E-state index in [4.69, 9.17) is 37.9 Å². The predicted octanol–water partition coefficient (Wildman–Crippen LogP) is 0.294. The summed E-state index contributed by atoms with van der Waals surface area (Å²) < 4.78 is 50.0. The predicted molar refractivity (Wildman–Crippen MR) is 214 cm³/mol. The van der Waals surface area contributed by atoms with Gasteiger partial charge in [-0.05, 0) is 111 Å². The van der Waals surface area contributed by atoms with E-state index < -0.39 is 111 Å². The summed E-state index contributed by atoms with van der Waals surface area (Å²) >= 11 is 0. The summed E-state index contributed by atoms with van der Waals surface area (Å²) in [4.78, 5) is 0. The molecule has 0 bridgehead atoms. The molecular formula is C45H74O17. The van der Waals surface area contributed by atoms with Gasteiger partial charge in [-0.15, -0.1) is 0 Å². The van der Waals surface area contributed by atoms with E-state index in [0.717, 1.165) is 51.6 Å². The second-order valence-electron chi connectivity index (χ2n) is 21.5. The Bertz CT molecular complexity index is 1550. The molecule has 5 heterocycles. The summed E-state index contributed by atoms with van der Waals surface area (Å²) in [6.45, 7) is 10.6. The van der Waals surface area contributed by atoms with Gasteiger partial charge in [0.2, 0.25) is 0 Å². The molecule has 17 nitrogen and oxygen atoms in total. The SMILES string of the molecule is C[C@@H]1CC[C@@]2(OC1)O[C@H]1C[C@H]3[C@@H]4CC[C@@H]5C[C@@H](O[C@@H]6O[C@H](CO)[C@@H](O[C@@H]7O[C@H](C)[C@H](O)[C@@H](O)[C@H]7O)[C@H](O)[C@H]6O[C@@H]6O[C@H](CO)[C@H](O)[C@H](O)[C@H]6O)CC[C@]5(C)[C@H]4CC[C@]3(C)[C@H]1[C@@H]2C. The zero-order valence-electron chi connectivity index (χ0n) is 36.8. The Morgan fingerprint density at radius 3 is 1.94 bits per heavy atom. The largest absolute Gasteiger partial charge is 0.394 e. The van der Waals surface area contributed by atoms with Crippen LogP contribution in [0.2, 0.25) is 0 Å². The highest BCUT2D eigenvalue weighted by Crippen LogP contribution is 2.71. The van der Waals surface area contributed by atoms with Crippen molar-refractivity contribution in [2.45, 2.75) is 209 Å². The fourth-order valence-corrected chi connectivity index (χ4v) is 14.6. The fraction of sp³-hybridized carbons (Fsp3) is 1.00. The van der Waals surface area contributed by atoms with E-state index in [1.165, 1.54) is 19.8 Å². The third-order valence-electron chi connectivity index (χ3n) is 18.2. The molecule has 4 aliphatic carbocycles. The Hall–Kier alpha value is -0.680. The van der Waals surface area contributed by atoms with E-state index in [-0.39, 0.29) is 23.0 Å². The van der Waals surface area contributed by atoms with Crippen LogP contribution in [0.25, 0.3) is 0 Å². The Balaban J connectivity index is 0.902. The number of aliphatic hydroxyl groups excluding tert-OH is 9. The third kappa shape index (κ3) is 7.56. The van der Waals surface area contributed by atoms with E-state index in [1.54, 1.807) is 0 Å². The lowest BCUT2D eigenvalue weighted by molar-refractivity contribution is -0.391. The zero-order chi connectivity index (χ0) is 44.2. The molecule has 5 aliphatic heterocycles. The van der Waals surface area contributed by atoms with Crippen molar-refractivity contribution >= 4 is 0 Å². The highest BCUT2D eigenvalue weighted by Gasteiger charge is 2.69. The molecule has 0 radical (unpaired) electrons. The van der Waals surface area contributed by atoms with Crippen LogP contribution in [-0.2, 0) is 37.9 Å². The van der Waals surface area contributed by atoms with Crippen LogP contribution in [0.15, 0.2) is 0 Å². The van der Waals surface area contributed by atoms with Gasteiger partial charge in [0.25, 0.3) is 0 Å². The van der Waals surface area contributed by atoms with Crippen LogP contribution in [0.5, 0.6) is 0 Å². The van der Waals surface area contributed by atoms with E-state index in [1.807, 2.05) is 0 Å². The van der Waals surface area contributed by atoms with Gasteiger partial charge in [-0.25, -0.2) is 0 Å². The Kier molecular flexibility index (Phi) is 13.1. The third-order valence-corrected chi connectivity index (χ3v) is 18.2. The maximum Gasteiger partial charge on any atom is 0.187 e. The number of fused-ring (bicyclic) bond motifs is 7. The summed E-state index contributed by atoms with van der Waals surface area (Å²) in [5, 5.41) is 95.9. The second kappa shape index (κ2) is 17.4. The molecule has 62 heavy (non-hydrogen) atoms. The molecule has 27 atom stereocenters. The summed E-state index contributed by atoms with van der Waals surface area (Å²) in [6.07, 6.45) is -12.7. The maximum atomic E-state index is 12.0. The van der Waals surface area contributed by atoms with Gasteiger partial charge in [-0.2, -0.15) is 0 Å². The van der Waals surface area contributed by atoms with Crippen LogP contribution in [-0.4, -0.2) is 176 Å². The normalized spacial score (nSPS) is 58.9. The molecule has 0 amide bonds. The summed E-state index contributed by atoms with van der Waals surface area (Å²) in [6, 6.07) is 0. The Labute approximate surface area is 364 Å². The van der Waals surface area contributed by atoms with Crippen LogP contribution in [0.1, 0.15) is 98.8 Å². The van der Waals surface area contributed by atoms with E-state index in [2.05, 4.69) is 27.7 Å². The zero-order valence-corrected chi connectivity index (χ0v) is 36.8. The highest BCUT2D eigenvalue weighted by molar-refractivity contribution is 5.15. The van der Waals surface area contributed by atoms with E-state index in [0.29, 0.717) is 47.8 Å². The molecular weight excluding hydrogens is 812 g/mol. The van der Waals surface area contributed by atoms with Gasteiger partial charge in [0, 0.05) is 12.3 Å². The smallest absolute Gasteiger partial charge is 0.187 e. The molecule has 356 valence electrons. The number of hydrogen-bond donors (Lipinski definition) is 9. The quantitative estimate of drug-likeness (QED) is 0.149. The molecule has 9 rings (SSSR count). The standard InChI is InChI=1S/C45H74O17/c1-19-8-13-45(55-18-19)20(2)30-27(62-45)15-26-24-7-6-22-14-23(9-11-43(22,4)25(24)10-12-44(26,30)5)57-42-39(61-41-36(53)34(51)32(49)28(16-46)58-41)37(54)38(29(17-47)59-42)60-40-35(52)33(50)31(48)21(3)56-40/h19-42,46-54H,6-18H2,1-5H3/t19-,20+,21-,22-,23+,24-,25+,26+,27+,28-,29-,30+,31+,32+,33-,34+,35-,36-,37+,38-,39-,40+,41+,42-,43+,44+,45-/m1/s1. The Morgan fingerprint density at radius 2 is 1.24 bits per heavy atom. The van der Waals surface area contributed by atoms with Crippen molar-refractivity contribution in [1.82, 2.24) is 0 Å². The Morgan fingerprint density at radius 1 is 0.581 bits per heavy atom. The first-order chi connectivity index (χ1) is 29.4. The summed E-state index contributed by atoms with van der Waals surface area (Å²) in [5.74, 6) is 3.15. The number of rotatable bonds is 8.